The highest BCUT2D eigenvalue weighted by atomic mass is 16.8. The maximum absolute atomic E-state index is 12.8. The van der Waals surface area contributed by atoms with Gasteiger partial charge >= 0.3 is 11.9 Å². The second-order valence-electron chi connectivity index (χ2n) is 22.5. The van der Waals surface area contributed by atoms with Gasteiger partial charge < -0.3 is 87.9 Å². The lowest BCUT2D eigenvalue weighted by atomic mass is 9.43. The number of hydrogen-bond acceptors (Lipinski definition) is 21. The number of fused-ring (bicyclic) bond motifs is 5. The first-order chi connectivity index (χ1) is 33.7. The van der Waals surface area contributed by atoms with Crippen molar-refractivity contribution in [3.8, 4) is 0 Å². The summed E-state index contributed by atoms with van der Waals surface area (Å²) in [7, 11) is 0. The number of hydrogen-bond donors (Lipinski definition) is 7. The van der Waals surface area contributed by atoms with E-state index in [4.69, 9.17) is 52.1 Å². The fourth-order valence-corrected chi connectivity index (χ4v) is 14.9. The van der Waals surface area contributed by atoms with Crippen LogP contribution in [0.15, 0.2) is 11.6 Å². The molecule has 9 rings (SSSR count). The Morgan fingerprint density at radius 1 is 0.746 bits per heavy atom. The van der Waals surface area contributed by atoms with Gasteiger partial charge in [-0.1, -0.05) is 13.8 Å². The van der Waals surface area contributed by atoms with Crippen LogP contribution >= 0.6 is 0 Å². The van der Waals surface area contributed by atoms with Gasteiger partial charge in [0.25, 0.3) is 6.47 Å². The summed E-state index contributed by atoms with van der Waals surface area (Å²) in [6, 6.07) is 0. The fourth-order valence-electron chi connectivity index (χ4n) is 14.9. The van der Waals surface area contributed by atoms with Crippen molar-refractivity contribution in [3.05, 3.63) is 11.6 Å². The van der Waals surface area contributed by atoms with E-state index in [1.54, 1.807) is 20.8 Å². The molecule has 7 N–H and O–H groups in total. The van der Waals surface area contributed by atoms with E-state index in [9.17, 15) is 50.1 Å². The lowest BCUT2D eigenvalue weighted by molar-refractivity contribution is -0.355. The molecule has 5 aliphatic heterocycles. The van der Waals surface area contributed by atoms with Crippen LogP contribution in [0.1, 0.15) is 112 Å². The van der Waals surface area contributed by atoms with Gasteiger partial charge in [0.2, 0.25) is 0 Å². The lowest BCUT2D eigenvalue weighted by Crippen LogP contribution is -2.62. The molecule has 0 bridgehead atoms. The predicted octanol–water partition coefficient (Wildman–Crippen LogP) is 0.794. The third kappa shape index (κ3) is 9.98. The van der Waals surface area contributed by atoms with Gasteiger partial charge in [-0.25, -0.2) is 4.79 Å². The van der Waals surface area contributed by atoms with Crippen LogP contribution in [-0.2, 0) is 66.5 Å². The molecular weight excluding hydrogens is 937 g/mol. The summed E-state index contributed by atoms with van der Waals surface area (Å²) in [6.45, 7) is 10.8. The van der Waals surface area contributed by atoms with E-state index >= 15 is 0 Å². The molecule has 9 aliphatic rings. The SMILES string of the molecule is CC(=O)O[C@H]1C[C@H](O[C@H]2[C@@H](O)C[C@H](O[C@H]3[C@@H](O)C[C@H](O[C@H]4CC[C@@]5(C)[C@H](CC[C@@H]6[C@@H]5CC[C@]5(C)[C@@H](C7=CC(=O)OC7)[C@@H](OC=O)C[C@]65O)C4)O[C@@H]3C)O[C@@H]2C)O[C@H](C)[C@H]1O[C@@H]1O[C@H](CO)[C@@H](O)[C@H](O)[C@H]1O. The molecule has 0 aromatic heterocycles. The molecule has 8 fully saturated rings. The van der Waals surface area contributed by atoms with Crippen molar-refractivity contribution in [1.82, 2.24) is 0 Å². The maximum atomic E-state index is 12.8. The third-order valence-electron chi connectivity index (χ3n) is 18.4. The molecule has 4 saturated heterocycles. The van der Waals surface area contributed by atoms with Crippen LogP contribution in [0, 0.1) is 34.5 Å². The minimum absolute atomic E-state index is 0.00811. The molecule has 26 atom stereocenters. The van der Waals surface area contributed by atoms with Crippen LogP contribution in [0.5, 0.6) is 0 Å². The number of esters is 2. The molecule has 5 heterocycles. The van der Waals surface area contributed by atoms with Gasteiger partial charge in [0.1, 0.15) is 61.5 Å². The average molecular weight is 1010 g/mol. The number of aliphatic hydroxyl groups is 7. The van der Waals surface area contributed by atoms with Gasteiger partial charge in [0, 0.05) is 50.0 Å². The van der Waals surface area contributed by atoms with Crippen LogP contribution < -0.4 is 0 Å². The summed E-state index contributed by atoms with van der Waals surface area (Å²) in [5, 5.41) is 76.4. The van der Waals surface area contributed by atoms with Crippen molar-refractivity contribution in [2.75, 3.05) is 13.2 Å². The summed E-state index contributed by atoms with van der Waals surface area (Å²) in [5.74, 6) is -0.716. The van der Waals surface area contributed by atoms with E-state index in [-0.39, 0.29) is 55.1 Å². The minimum Gasteiger partial charge on any atom is -0.464 e. The number of rotatable bonds is 13. The summed E-state index contributed by atoms with van der Waals surface area (Å²) >= 11 is 0. The van der Waals surface area contributed by atoms with Crippen LogP contribution in [0.2, 0.25) is 0 Å². The Bertz CT molecular complexity index is 1910. The molecule has 71 heavy (non-hydrogen) atoms. The van der Waals surface area contributed by atoms with Gasteiger partial charge in [0.15, 0.2) is 25.2 Å². The smallest absolute Gasteiger partial charge is 0.331 e. The first kappa shape index (κ1) is 53.4. The molecule has 21 heteroatoms. The highest BCUT2D eigenvalue weighted by molar-refractivity contribution is 5.85. The van der Waals surface area contributed by atoms with Crippen molar-refractivity contribution < 1.29 is 102 Å². The first-order valence-electron chi connectivity index (χ1n) is 25.8. The summed E-state index contributed by atoms with van der Waals surface area (Å²) in [4.78, 5) is 36.0. The monoisotopic (exact) mass is 1010 g/mol. The molecule has 0 radical (unpaired) electrons. The number of cyclic esters (lactones) is 1. The maximum Gasteiger partial charge on any atom is 0.331 e. The zero-order valence-electron chi connectivity index (χ0n) is 41.5. The van der Waals surface area contributed by atoms with E-state index < -0.39 is 140 Å². The normalized spacial score (nSPS) is 52.0. The summed E-state index contributed by atoms with van der Waals surface area (Å²) in [6.07, 6.45) is -11.0. The van der Waals surface area contributed by atoms with Gasteiger partial charge in [-0.05, 0) is 94.5 Å². The highest BCUT2D eigenvalue weighted by Crippen LogP contribution is 2.70. The van der Waals surface area contributed by atoms with Gasteiger partial charge in [-0.2, -0.15) is 0 Å². The van der Waals surface area contributed by atoms with Crippen molar-refractivity contribution in [3.63, 3.8) is 0 Å². The topological polar surface area (TPSA) is 294 Å². The van der Waals surface area contributed by atoms with Crippen LogP contribution in [0.4, 0.5) is 0 Å². The number of ether oxygens (including phenoxy) is 11. The molecule has 0 unspecified atom stereocenters. The zero-order chi connectivity index (χ0) is 50.9. The molecule has 4 aliphatic carbocycles. The van der Waals surface area contributed by atoms with E-state index in [1.165, 1.54) is 13.0 Å². The van der Waals surface area contributed by atoms with Crippen molar-refractivity contribution in [2.45, 2.75) is 234 Å². The van der Waals surface area contributed by atoms with Gasteiger partial charge in [-0.15, -0.1) is 0 Å². The van der Waals surface area contributed by atoms with E-state index in [0.29, 0.717) is 18.8 Å². The summed E-state index contributed by atoms with van der Waals surface area (Å²) < 4.78 is 65.8. The molecule has 0 aromatic rings. The molecule has 0 spiro atoms. The Morgan fingerprint density at radius 2 is 1.38 bits per heavy atom. The van der Waals surface area contributed by atoms with Crippen LogP contribution in [0.25, 0.3) is 0 Å². The van der Waals surface area contributed by atoms with Crippen molar-refractivity contribution >= 4 is 18.4 Å². The van der Waals surface area contributed by atoms with Gasteiger partial charge in [0.05, 0.1) is 48.8 Å². The third-order valence-corrected chi connectivity index (χ3v) is 18.4. The number of carbonyl (C=O) groups is 3. The predicted molar refractivity (Wildman–Crippen MR) is 240 cm³/mol. The van der Waals surface area contributed by atoms with E-state index in [1.807, 2.05) is 0 Å². The number of aliphatic hydroxyl groups excluding tert-OH is 6. The fraction of sp³-hybridized carbons (Fsp3) is 0.900. The lowest BCUT2D eigenvalue weighted by Gasteiger charge is -2.63. The van der Waals surface area contributed by atoms with E-state index in [0.717, 1.165) is 50.5 Å². The Labute approximate surface area is 413 Å². The largest absolute Gasteiger partial charge is 0.464 e. The zero-order valence-corrected chi connectivity index (χ0v) is 41.5. The molecule has 402 valence electrons. The average Bonchev–Trinajstić information content (AvgIpc) is 3.83. The van der Waals surface area contributed by atoms with Crippen LogP contribution in [-0.4, -0.2) is 190 Å². The highest BCUT2D eigenvalue weighted by Gasteiger charge is 2.71. The van der Waals surface area contributed by atoms with Crippen LogP contribution in [0.3, 0.4) is 0 Å². The molecule has 21 nitrogen and oxygen atoms in total. The molecule has 0 aromatic carbocycles. The molecule has 0 amide bonds. The Hall–Kier alpha value is -2.45. The summed E-state index contributed by atoms with van der Waals surface area (Å²) in [5.41, 5.74) is -0.913. The Morgan fingerprint density at radius 3 is 1.97 bits per heavy atom. The first-order valence-corrected chi connectivity index (χ1v) is 25.8. The second-order valence-corrected chi connectivity index (χ2v) is 22.5. The quantitative estimate of drug-likeness (QED) is 0.0581. The Kier molecular flexibility index (Phi) is 15.7. The minimum atomic E-state index is -1.69. The number of carbonyl (C=O) groups excluding carboxylic acids is 3. The molecule has 4 saturated carbocycles. The standard InChI is InChI=1S/C50H76O21/c1-22-44(69-38-16-32(55)45(23(2)64-38)70-39-17-33(66-25(4)53)46(24(3)65-39)71-47-43(59)42(58)41(57)35(19-51)68-47)31(54)15-37(63-22)67-28-9-11-48(5)27(14-28)7-8-30-29(48)10-12-49(6)40(26-13-36(56)61-20-26)34(62-21-52)18-50(30,49)60/h13,21-24,27-35,37-47,51,54-55,57-60H,7-12,14-20H2,1-6H3/t22-,23-,24-,27-,28+,29+,30-,31+,32+,33+,34+,35-,37+,38+,39+,40+,41-,42+,43-,44-,45-,46-,47+,48+,49-,50+/m1/s1. The molecular formula is C50H76O21. The van der Waals surface area contributed by atoms with Crippen molar-refractivity contribution in [2.24, 2.45) is 34.5 Å². The second kappa shape index (κ2) is 20.9. The van der Waals surface area contributed by atoms with Gasteiger partial charge in [-0.3, -0.25) is 9.59 Å². The van der Waals surface area contributed by atoms with Crippen molar-refractivity contribution in [1.29, 1.82) is 0 Å². The Balaban J connectivity index is 0.755. The van der Waals surface area contributed by atoms with E-state index in [2.05, 4.69) is 13.8 Å².